The first-order valence-electron chi connectivity index (χ1n) is 8.85. The number of hydrogen-bond donors (Lipinski definition) is 1. The molecule has 3 aromatic rings. The molecular formula is C18H18N4O5S2. The molecule has 0 radical (unpaired) electrons. The highest BCUT2D eigenvalue weighted by molar-refractivity contribution is 7.89. The van der Waals surface area contributed by atoms with Gasteiger partial charge in [0.25, 0.3) is 5.69 Å². The molecular weight excluding hydrogens is 416 g/mol. The predicted molar refractivity (Wildman–Crippen MR) is 110 cm³/mol. The number of nitro benzene ring substituents is 1. The summed E-state index contributed by atoms with van der Waals surface area (Å²) in [6.45, 7) is 2.98. The fraction of sp³-hybridized carbons (Fsp3) is 0.278. The fourth-order valence-electron chi connectivity index (χ4n) is 3.14. The Labute approximate surface area is 171 Å². The molecule has 1 fully saturated rings. The van der Waals surface area contributed by atoms with Gasteiger partial charge in [0, 0.05) is 24.8 Å². The second-order valence-corrected chi connectivity index (χ2v) is 9.67. The van der Waals surface area contributed by atoms with E-state index in [-0.39, 0.29) is 29.4 Å². The monoisotopic (exact) mass is 434 g/mol. The maximum Gasteiger partial charge on any atom is 0.294 e. The highest BCUT2D eigenvalue weighted by Crippen LogP contribution is 2.33. The van der Waals surface area contributed by atoms with Crippen LogP contribution in [0.25, 0.3) is 10.2 Å². The van der Waals surface area contributed by atoms with Crippen LogP contribution >= 0.6 is 11.3 Å². The zero-order valence-corrected chi connectivity index (χ0v) is 17.1. The summed E-state index contributed by atoms with van der Waals surface area (Å²) in [4.78, 5) is 15.3. The van der Waals surface area contributed by atoms with E-state index >= 15 is 0 Å². The third kappa shape index (κ3) is 3.94. The van der Waals surface area contributed by atoms with Crippen molar-refractivity contribution in [3.8, 4) is 0 Å². The van der Waals surface area contributed by atoms with E-state index < -0.39 is 14.9 Å². The Hall–Kier alpha value is -2.60. The molecule has 1 aromatic heterocycles. The number of rotatable bonds is 5. The molecule has 1 saturated heterocycles. The van der Waals surface area contributed by atoms with Crippen molar-refractivity contribution in [1.82, 2.24) is 9.29 Å². The standard InChI is InChI=1S/C18H18N4O5S2/c1-12-19-16-4-2-13(10-18(16)28-12)20-15-5-3-14(11-17(15)22(23)24)29(25,26)21-6-8-27-9-7-21/h2-5,10-11,20H,6-9H2,1H3. The van der Waals surface area contributed by atoms with Gasteiger partial charge in [0.05, 0.1) is 38.3 Å². The van der Waals surface area contributed by atoms with E-state index in [4.69, 9.17) is 4.74 Å². The maximum absolute atomic E-state index is 12.8. The Morgan fingerprint density at radius 1 is 1.21 bits per heavy atom. The fourth-order valence-corrected chi connectivity index (χ4v) is 5.43. The van der Waals surface area contributed by atoms with Gasteiger partial charge in [-0.05, 0) is 37.3 Å². The highest BCUT2D eigenvalue weighted by Gasteiger charge is 2.29. The van der Waals surface area contributed by atoms with E-state index in [1.165, 1.54) is 27.8 Å². The van der Waals surface area contributed by atoms with E-state index in [0.29, 0.717) is 18.9 Å². The summed E-state index contributed by atoms with van der Waals surface area (Å²) < 4.78 is 33.0. The van der Waals surface area contributed by atoms with Crippen molar-refractivity contribution >= 4 is 48.6 Å². The molecule has 0 unspecified atom stereocenters. The molecule has 1 N–H and O–H groups in total. The summed E-state index contributed by atoms with van der Waals surface area (Å²) in [5.74, 6) is 0. The number of nitro groups is 1. The topological polar surface area (TPSA) is 115 Å². The number of ether oxygens (including phenoxy) is 1. The van der Waals surface area contributed by atoms with Gasteiger partial charge in [-0.3, -0.25) is 10.1 Å². The molecule has 0 amide bonds. The third-order valence-electron chi connectivity index (χ3n) is 4.55. The van der Waals surface area contributed by atoms with Crippen molar-refractivity contribution in [3.63, 3.8) is 0 Å². The number of benzene rings is 2. The number of nitrogens with zero attached hydrogens (tertiary/aromatic N) is 3. The summed E-state index contributed by atoms with van der Waals surface area (Å²) in [6, 6.07) is 9.39. The van der Waals surface area contributed by atoms with Crippen LogP contribution < -0.4 is 5.32 Å². The Morgan fingerprint density at radius 2 is 1.97 bits per heavy atom. The largest absolute Gasteiger partial charge is 0.379 e. The highest BCUT2D eigenvalue weighted by atomic mass is 32.2. The quantitative estimate of drug-likeness (QED) is 0.484. The molecule has 0 saturated carbocycles. The summed E-state index contributed by atoms with van der Waals surface area (Å²) in [6.07, 6.45) is 0. The lowest BCUT2D eigenvalue weighted by atomic mass is 10.2. The summed E-state index contributed by atoms with van der Waals surface area (Å²) in [5.41, 5.74) is 1.43. The van der Waals surface area contributed by atoms with Crippen LogP contribution in [0.2, 0.25) is 0 Å². The van der Waals surface area contributed by atoms with Crippen LogP contribution in [0.15, 0.2) is 41.3 Å². The second-order valence-electron chi connectivity index (χ2n) is 6.49. The second kappa shape index (κ2) is 7.67. The minimum Gasteiger partial charge on any atom is -0.379 e. The van der Waals surface area contributed by atoms with Crippen molar-refractivity contribution in [1.29, 1.82) is 0 Å². The van der Waals surface area contributed by atoms with Crippen molar-refractivity contribution in [2.45, 2.75) is 11.8 Å². The average Bonchev–Trinajstić information content (AvgIpc) is 3.08. The minimum atomic E-state index is -3.82. The van der Waals surface area contributed by atoms with Gasteiger partial charge in [0.1, 0.15) is 5.69 Å². The Balaban J connectivity index is 1.67. The van der Waals surface area contributed by atoms with Crippen LogP contribution in [-0.4, -0.2) is 48.9 Å². The molecule has 2 heterocycles. The van der Waals surface area contributed by atoms with Gasteiger partial charge in [-0.2, -0.15) is 4.31 Å². The van der Waals surface area contributed by atoms with E-state index in [1.807, 2.05) is 19.1 Å². The van der Waals surface area contributed by atoms with E-state index in [2.05, 4.69) is 10.3 Å². The van der Waals surface area contributed by atoms with Gasteiger partial charge in [0.2, 0.25) is 10.0 Å². The summed E-state index contributed by atoms with van der Waals surface area (Å²) in [5, 5.41) is 15.6. The normalized spacial score (nSPS) is 15.5. The Morgan fingerprint density at radius 3 is 2.69 bits per heavy atom. The smallest absolute Gasteiger partial charge is 0.294 e. The minimum absolute atomic E-state index is 0.106. The van der Waals surface area contributed by atoms with E-state index in [1.54, 1.807) is 6.07 Å². The maximum atomic E-state index is 12.8. The number of anilines is 2. The molecule has 29 heavy (non-hydrogen) atoms. The lowest BCUT2D eigenvalue weighted by Gasteiger charge is -2.26. The number of fused-ring (bicyclic) bond motifs is 1. The van der Waals surface area contributed by atoms with Gasteiger partial charge in [-0.1, -0.05) is 0 Å². The zero-order chi connectivity index (χ0) is 20.6. The molecule has 2 aromatic carbocycles. The molecule has 11 heteroatoms. The van der Waals surface area contributed by atoms with Gasteiger partial charge >= 0.3 is 0 Å². The molecule has 9 nitrogen and oxygen atoms in total. The van der Waals surface area contributed by atoms with E-state index in [9.17, 15) is 18.5 Å². The number of aryl methyl sites for hydroxylation is 1. The number of nitrogens with one attached hydrogen (secondary N) is 1. The summed E-state index contributed by atoms with van der Waals surface area (Å²) in [7, 11) is -3.82. The van der Waals surface area contributed by atoms with Gasteiger partial charge in [-0.25, -0.2) is 13.4 Å². The van der Waals surface area contributed by atoms with Crippen molar-refractivity contribution in [3.05, 3.63) is 51.5 Å². The molecule has 0 atom stereocenters. The molecule has 0 bridgehead atoms. The van der Waals surface area contributed by atoms with Crippen LogP contribution in [0, 0.1) is 17.0 Å². The molecule has 1 aliphatic rings. The number of sulfonamides is 1. The first kappa shape index (κ1) is 19.7. The molecule has 0 spiro atoms. The lowest BCUT2D eigenvalue weighted by molar-refractivity contribution is -0.384. The van der Waals surface area contributed by atoms with Crippen LogP contribution in [0.5, 0.6) is 0 Å². The molecule has 1 aliphatic heterocycles. The van der Waals surface area contributed by atoms with E-state index in [0.717, 1.165) is 21.3 Å². The number of hydrogen-bond acceptors (Lipinski definition) is 8. The third-order valence-corrected chi connectivity index (χ3v) is 7.38. The van der Waals surface area contributed by atoms with Gasteiger partial charge in [0.15, 0.2) is 0 Å². The number of morpholine rings is 1. The first-order valence-corrected chi connectivity index (χ1v) is 11.1. The molecule has 0 aliphatic carbocycles. The zero-order valence-electron chi connectivity index (χ0n) is 15.5. The van der Waals surface area contributed by atoms with Crippen LogP contribution in [-0.2, 0) is 14.8 Å². The summed E-state index contributed by atoms with van der Waals surface area (Å²) >= 11 is 1.53. The van der Waals surface area contributed by atoms with Crippen LogP contribution in [0.4, 0.5) is 17.1 Å². The Kier molecular flexibility index (Phi) is 5.21. The molecule has 152 valence electrons. The lowest BCUT2D eigenvalue weighted by Crippen LogP contribution is -2.40. The molecule has 4 rings (SSSR count). The van der Waals surface area contributed by atoms with Crippen LogP contribution in [0.1, 0.15) is 5.01 Å². The number of aromatic nitrogens is 1. The van der Waals surface area contributed by atoms with Crippen molar-refractivity contribution in [2.24, 2.45) is 0 Å². The Bertz CT molecular complexity index is 1190. The first-order chi connectivity index (χ1) is 13.8. The average molecular weight is 434 g/mol. The van der Waals surface area contributed by atoms with Gasteiger partial charge in [-0.15, -0.1) is 11.3 Å². The van der Waals surface area contributed by atoms with Crippen LogP contribution in [0.3, 0.4) is 0 Å². The van der Waals surface area contributed by atoms with Gasteiger partial charge < -0.3 is 10.1 Å². The van der Waals surface area contributed by atoms with Crippen molar-refractivity contribution in [2.75, 3.05) is 31.6 Å². The number of thiazole rings is 1. The van der Waals surface area contributed by atoms with Crippen molar-refractivity contribution < 1.29 is 18.1 Å². The predicted octanol–water partition coefficient (Wildman–Crippen LogP) is 3.28. The SMILES string of the molecule is Cc1nc2ccc(Nc3ccc(S(=O)(=O)N4CCOCC4)cc3[N+](=O)[O-])cc2s1.